The number of thioether (sulfide) groups is 1. The monoisotopic (exact) mass is 269 g/mol. The predicted molar refractivity (Wildman–Crippen MR) is 70.1 cm³/mol. The van der Waals surface area contributed by atoms with Gasteiger partial charge in [0, 0.05) is 30.2 Å². The second-order valence-corrected chi connectivity index (χ2v) is 5.51. The molecule has 17 heavy (non-hydrogen) atoms. The number of hydrogen-bond donors (Lipinski definition) is 0. The summed E-state index contributed by atoms with van der Waals surface area (Å²) in [4.78, 5) is 10.6. The maximum absolute atomic E-state index is 6.14. The summed E-state index contributed by atoms with van der Waals surface area (Å²) in [6, 6.07) is 0. The molecule has 0 radical (unpaired) electrons. The van der Waals surface area contributed by atoms with E-state index in [0.29, 0.717) is 10.9 Å². The lowest BCUT2D eigenvalue weighted by atomic mass is 10.3. The van der Waals surface area contributed by atoms with Crippen LogP contribution < -0.4 is 4.90 Å². The van der Waals surface area contributed by atoms with Gasteiger partial charge in [0.15, 0.2) is 0 Å². The second kappa shape index (κ2) is 4.34. The molecular weight excluding hydrogens is 258 g/mol. The number of rotatable bonds is 1. The number of aromatic nitrogens is 4. The number of anilines is 1. The Morgan fingerprint density at radius 2 is 2.12 bits per heavy atom. The van der Waals surface area contributed by atoms with Crippen molar-refractivity contribution >= 4 is 35.0 Å². The average Bonchev–Trinajstić information content (AvgIpc) is 2.79. The van der Waals surface area contributed by atoms with E-state index in [1.807, 2.05) is 18.7 Å². The molecule has 0 bridgehead atoms. The molecule has 1 fully saturated rings. The summed E-state index contributed by atoms with van der Waals surface area (Å²) >= 11 is 8.12. The van der Waals surface area contributed by atoms with Gasteiger partial charge in [-0.3, -0.25) is 0 Å². The molecule has 5 nitrogen and oxygen atoms in total. The maximum atomic E-state index is 6.14. The van der Waals surface area contributed by atoms with Gasteiger partial charge in [-0.15, -0.1) is 0 Å². The Bertz CT molecular complexity index is 549. The summed E-state index contributed by atoms with van der Waals surface area (Å²) in [5, 5.41) is 4.74. The van der Waals surface area contributed by atoms with Gasteiger partial charge in [-0.05, 0) is 6.92 Å². The van der Waals surface area contributed by atoms with Gasteiger partial charge in [-0.25, -0.2) is 0 Å². The predicted octanol–water partition coefficient (Wildman–Crippen LogP) is 1.64. The molecule has 0 N–H and O–H groups in total. The van der Waals surface area contributed by atoms with E-state index in [-0.39, 0.29) is 0 Å². The number of nitrogens with zero attached hydrogens (tertiary/aromatic N) is 5. The Kier molecular flexibility index (Phi) is 2.84. The molecule has 0 spiro atoms. The molecule has 2 aromatic heterocycles. The number of hydrogen-bond acceptors (Lipinski definition) is 5. The van der Waals surface area contributed by atoms with E-state index < -0.39 is 0 Å². The molecule has 7 heteroatoms. The molecule has 90 valence electrons. The summed E-state index contributed by atoms with van der Waals surface area (Å²) in [6.07, 6.45) is 1.51. The van der Waals surface area contributed by atoms with E-state index in [1.54, 1.807) is 4.52 Å². The Balaban J connectivity index is 2.18. The molecule has 0 saturated carbocycles. The smallest absolute Gasteiger partial charge is 0.255 e. The average molecular weight is 270 g/mol. The molecular formula is C10H12ClN5S. The number of halogens is 1. The van der Waals surface area contributed by atoms with E-state index in [0.717, 1.165) is 36.0 Å². The Hall–Kier alpha value is -1.01. The van der Waals surface area contributed by atoms with Crippen molar-refractivity contribution in [1.29, 1.82) is 0 Å². The van der Waals surface area contributed by atoms with Crippen LogP contribution in [0.1, 0.15) is 5.56 Å². The van der Waals surface area contributed by atoms with Crippen LogP contribution in [0.5, 0.6) is 0 Å². The van der Waals surface area contributed by atoms with Gasteiger partial charge in [-0.1, -0.05) is 11.6 Å². The van der Waals surface area contributed by atoms with Crippen LogP contribution in [0, 0.1) is 6.92 Å². The summed E-state index contributed by atoms with van der Waals surface area (Å²) in [5.41, 5.74) is 0.969. The summed E-state index contributed by atoms with van der Waals surface area (Å²) in [5.74, 6) is 3.86. The number of fused-ring (bicyclic) bond motifs is 1. The van der Waals surface area contributed by atoms with Crippen molar-refractivity contribution in [2.24, 2.45) is 0 Å². The topological polar surface area (TPSA) is 46.3 Å². The van der Waals surface area contributed by atoms with E-state index >= 15 is 0 Å². The fourth-order valence-corrected chi connectivity index (χ4v) is 3.09. The lowest BCUT2D eigenvalue weighted by Crippen LogP contribution is -2.34. The summed E-state index contributed by atoms with van der Waals surface area (Å²) < 4.78 is 1.78. The Morgan fingerprint density at radius 1 is 1.35 bits per heavy atom. The molecule has 0 amide bonds. The highest BCUT2D eigenvalue weighted by Crippen LogP contribution is 2.27. The molecule has 3 rings (SSSR count). The van der Waals surface area contributed by atoms with Crippen LogP contribution in [0.25, 0.3) is 5.78 Å². The van der Waals surface area contributed by atoms with E-state index in [4.69, 9.17) is 11.6 Å². The first kappa shape index (κ1) is 11.1. The van der Waals surface area contributed by atoms with Crippen LogP contribution in [0.2, 0.25) is 5.15 Å². The zero-order valence-corrected chi connectivity index (χ0v) is 11.0. The van der Waals surface area contributed by atoms with Crippen LogP contribution in [0.15, 0.2) is 6.33 Å². The Labute approximate surface area is 108 Å². The first-order chi connectivity index (χ1) is 8.27. The fraction of sp³-hybridized carbons (Fsp3) is 0.500. The first-order valence-electron chi connectivity index (χ1n) is 5.46. The van der Waals surface area contributed by atoms with Crippen molar-refractivity contribution in [3.63, 3.8) is 0 Å². The van der Waals surface area contributed by atoms with Crippen molar-refractivity contribution in [2.75, 3.05) is 29.5 Å². The molecule has 1 saturated heterocycles. The molecule has 1 aliphatic rings. The molecule has 2 aromatic rings. The van der Waals surface area contributed by atoms with Gasteiger partial charge >= 0.3 is 0 Å². The zero-order valence-electron chi connectivity index (χ0n) is 9.43. The van der Waals surface area contributed by atoms with Crippen molar-refractivity contribution in [2.45, 2.75) is 6.92 Å². The standard InChI is InChI=1S/C10H12ClN5S/c1-7-8(11)14-10-12-6-13-16(10)9(7)15-2-4-17-5-3-15/h6H,2-5H2,1H3. The third-order valence-electron chi connectivity index (χ3n) is 2.88. The van der Waals surface area contributed by atoms with Crippen molar-refractivity contribution in [1.82, 2.24) is 19.6 Å². The quantitative estimate of drug-likeness (QED) is 0.737. The third-order valence-corrected chi connectivity index (χ3v) is 4.19. The fourth-order valence-electron chi connectivity index (χ4n) is 2.03. The van der Waals surface area contributed by atoms with Crippen LogP contribution in [-0.4, -0.2) is 44.2 Å². The normalized spacial score (nSPS) is 16.7. The molecule has 0 aromatic carbocycles. The summed E-state index contributed by atoms with van der Waals surface area (Å²) in [6.45, 7) is 4.01. The molecule has 3 heterocycles. The highest BCUT2D eigenvalue weighted by molar-refractivity contribution is 7.99. The van der Waals surface area contributed by atoms with E-state index in [9.17, 15) is 0 Å². The van der Waals surface area contributed by atoms with Gasteiger partial charge in [0.05, 0.1) is 0 Å². The van der Waals surface area contributed by atoms with Crippen LogP contribution in [-0.2, 0) is 0 Å². The first-order valence-corrected chi connectivity index (χ1v) is 6.99. The third kappa shape index (κ3) is 1.85. The van der Waals surface area contributed by atoms with Crippen LogP contribution in [0.4, 0.5) is 5.82 Å². The second-order valence-electron chi connectivity index (χ2n) is 3.92. The van der Waals surface area contributed by atoms with Crippen molar-refractivity contribution < 1.29 is 0 Å². The zero-order chi connectivity index (χ0) is 11.8. The molecule has 0 unspecified atom stereocenters. The molecule has 0 atom stereocenters. The SMILES string of the molecule is Cc1c(Cl)nc2ncnn2c1N1CCSCC1. The minimum absolute atomic E-state index is 0.513. The van der Waals surface area contributed by atoms with Gasteiger partial charge in [0.1, 0.15) is 17.3 Å². The molecule has 0 aliphatic carbocycles. The minimum Gasteiger partial charge on any atom is -0.354 e. The van der Waals surface area contributed by atoms with Gasteiger partial charge in [0.2, 0.25) is 0 Å². The highest BCUT2D eigenvalue weighted by Gasteiger charge is 2.20. The van der Waals surface area contributed by atoms with Crippen molar-refractivity contribution in [3.05, 3.63) is 17.0 Å². The maximum Gasteiger partial charge on any atom is 0.255 e. The van der Waals surface area contributed by atoms with E-state index in [2.05, 4.69) is 20.0 Å². The lowest BCUT2D eigenvalue weighted by molar-refractivity contribution is 0.788. The highest BCUT2D eigenvalue weighted by atomic mass is 35.5. The van der Waals surface area contributed by atoms with Gasteiger partial charge < -0.3 is 4.90 Å². The van der Waals surface area contributed by atoms with E-state index in [1.165, 1.54) is 6.33 Å². The van der Waals surface area contributed by atoms with Crippen LogP contribution >= 0.6 is 23.4 Å². The summed E-state index contributed by atoms with van der Waals surface area (Å²) in [7, 11) is 0. The van der Waals surface area contributed by atoms with Gasteiger partial charge in [0.25, 0.3) is 5.78 Å². The largest absolute Gasteiger partial charge is 0.354 e. The minimum atomic E-state index is 0.513. The van der Waals surface area contributed by atoms with Crippen molar-refractivity contribution in [3.8, 4) is 0 Å². The Morgan fingerprint density at radius 3 is 2.88 bits per heavy atom. The van der Waals surface area contributed by atoms with Crippen LogP contribution in [0.3, 0.4) is 0 Å². The molecule has 1 aliphatic heterocycles. The lowest BCUT2D eigenvalue weighted by Gasteiger charge is -2.29. The van der Waals surface area contributed by atoms with Gasteiger partial charge in [-0.2, -0.15) is 31.3 Å².